The number of ether oxygens (including phenoxy) is 1. The van der Waals surface area contributed by atoms with E-state index in [1.807, 2.05) is 31.2 Å². The summed E-state index contributed by atoms with van der Waals surface area (Å²) in [6, 6.07) is 12.3. The largest absolute Gasteiger partial charge is 0.496 e. The van der Waals surface area contributed by atoms with Gasteiger partial charge in [-0.15, -0.1) is 0 Å². The van der Waals surface area contributed by atoms with E-state index < -0.39 is 0 Å². The van der Waals surface area contributed by atoms with Gasteiger partial charge in [0.15, 0.2) is 0 Å². The first-order valence-corrected chi connectivity index (χ1v) is 7.23. The van der Waals surface area contributed by atoms with Crippen molar-refractivity contribution >= 4 is 5.91 Å². The fourth-order valence-corrected chi connectivity index (χ4v) is 2.34. The van der Waals surface area contributed by atoms with Gasteiger partial charge in [-0.2, -0.15) is 0 Å². The molecule has 116 valence electrons. The maximum Gasteiger partial charge on any atom is 0.250 e. The number of methoxy groups -OCH3 is 1. The Balaban J connectivity index is 2.12. The molecule has 1 aromatic heterocycles. The molecule has 22 heavy (non-hydrogen) atoms. The molecule has 0 unspecified atom stereocenters. The summed E-state index contributed by atoms with van der Waals surface area (Å²) in [4.78, 5) is 23.8. The van der Waals surface area contributed by atoms with Gasteiger partial charge in [-0.25, -0.2) is 0 Å². The van der Waals surface area contributed by atoms with Crippen molar-refractivity contribution < 1.29 is 9.53 Å². The summed E-state index contributed by atoms with van der Waals surface area (Å²) in [6.07, 6.45) is 2.34. The maximum absolute atomic E-state index is 12.2. The molecule has 1 heterocycles. The van der Waals surface area contributed by atoms with E-state index in [0.29, 0.717) is 0 Å². The minimum atomic E-state index is -0.203. The minimum absolute atomic E-state index is 0.00528. The van der Waals surface area contributed by atoms with E-state index in [1.165, 1.54) is 10.6 Å². The molecule has 0 radical (unpaired) electrons. The second-order valence-electron chi connectivity index (χ2n) is 4.94. The topological polar surface area (TPSA) is 60.3 Å². The standard InChI is InChI=1S/C17H20N2O3/c1-3-14(13-8-4-5-9-15(13)22-2)18-16(20)12-19-11-7-6-10-17(19)21/h4-11,14H,3,12H2,1-2H3,(H,18,20)/t14-/m1/s1. The molecule has 0 aliphatic heterocycles. The van der Waals surface area contributed by atoms with Crippen molar-refractivity contribution in [1.82, 2.24) is 9.88 Å². The second-order valence-corrected chi connectivity index (χ2v) is 4.94. The number of nitrogens with one attached hydrogen (secondary N) is 1. The van der Waals surface area contributed by atoms with Crippen molar-refractivity contribution in [3.63, 3.8) is 0 Å². The molecule has 0 bridgehead atoms. The first kappa shape index (κ1) is 15.8. The fourth-order valence-electron chi connectivity index (χ4n) is 2.34. The number of benzene rings is 1. The van der Waals surface area contributed by atoms with Crippen LogP contribution in [0.4, 0.5) is 0 Å². The predicted molar refractivity (Wildman–Crippen MR) is 84.9 cm³/mol. The zero-order valence-corrected chi connectivity index (χ0v) is 12.8. The molecule has 1 atom stereocenters. The number of hydrogen-bond donors (Lipinski definition) is 1. The highest BCUT2D eigenvalue weighted by Crippen LogP contribution is 2.26. The number of nitrogens with zero attached hydrogens (tertiary/aromatic N) is 1. The Labute approximate surface area is 129 Å². The lowest BCUT2D eigenvalue weighted by Crippen LogP contribution is -2.34. The van der Waals surface area contributed by atoms with Gasteiger partial charge in [0.25, 0.3) is 5.56 Å². The van der Waals surface area contributed by atoms with Crippen LogP contribution in [0.2, 0.25) is 0 Å². The number of rotatable bonds is 6. The molecule has 5 heteroatoms. The molecule has 1 amide bonds. The maximum atomic E-state index is 12.2. The number of para-hydroxylation sites is 1. The monoisotopic (exact) mass is 300 g/mol. The van der Waals surface area contributed by atoms with Gasteiger partial charge in [0, 0.05) is 17.8 Å². The molecule has 0 aliphatic carbocycles. The molecule has 2 aromatic rings. The quantitative estimate of drug-likeness (QED) is 0.889. The minimum Gasteiger partial charge on any atom is -0.496 e. The van der Waals surface area contributed by atoms with Gasteiger partial charge < -0.3 is 14.6 Å². The Kier molecular flexibility index (Phi) is 5.36. The van der Waals surface area contributed by atoms with Crippen LogP contribution < -0.4 is 15.6 Å². The van der Waals surface area contributed by atoms with Crippen LogP contribution >= 0.6 is 0 Å². The number of amides is 1. The highest BCUT2D eigenvalue weighted by atomic mass is 16.5. The van der Waals surface area contributed by atoms with Gasteiger partial charge in [-0.1, -0.05) is 31.2 Å². The summed E-state index contributed by atoms with van der Waals surface area (Å²) >= 11 is 0. The molecule has 0 saturated heterocycles. The SMILES string of the molecule is CC[C@@H](NC(=O)Cn1ccccc1=O)c1ccccc1OC. The van der Waals surface area contributed by atoms with Crippen molar-refractivity contribution in [2.24, 2.45) is 0 Å². The third-order valence-electron chi connectivity index (χ3n) is 3.47. The van der Waals surface area contributed by atoms with Crippen LogP contribution in [0, 0.1) is 0 Å². The summed E-state index contributed by atoms with van der Waals surface area (Å²) in [5.41, 5.74) is 0.740. The van der Waals surface area contributed by atoms with Gasteiger partial charge in [0.2, 0.25) is 5.91 Å². The van der Waals surface area contributed by atoms with Crippen molar-refractivity contribution in [3.8, 4) is 5.75 Å². The normalized spacial score (nSPS) is 11.7. The molecular weight excluding hydrogens is 280 g/mol. The Morgan fingerprint density at radius 1 is 1.23 bits per heavy atom. The smallest absolute Gasteiger partial charge is 0.250 e. The van der Waals surface area contributed by atoms with Gasteiger partial charge in [0.1, 0.15) is 12.3 Å². The van der Waals surface area contributed by atoms with Crippen LogP contribution in [0.25, 0.3) is 0 Å². The number of carbonyl (C=O) groups is 1. The number of aromatic nitrogens is 1. The lowest BCUT2D eigenvalue weighted by molar-refractivity contribution is -0.122. The van der Waals surface area contributed by atoms with Crippen LogP contribution in [-0.2, 0) is 11.3 Å². The summed E-state index contributed by atoms with van der Waals surface area (Å²) in [5, 5.41) is 2.95. The molecule has 1 aromatic carbocycles. The molecule has 0 spiro atoms. The van der Waals surface area contributed by atoms with E-state index in [1.54, 1.807) is 25.4 Å². The van der Waals surface area contributed by atoms with Crippen LogP contribution in [0.5, 0.6) is 5.75 Å². The molecule has 5 nitrogen and oxygen atoms in total. The second kappa shape index (κ2) is 7.45. The van der Waals surface area contributed by atoms with Crippen LogP contribution in [0.3, 0.4) is 0 Å². The van der Waals surface area contributed by atoms with E-state index in [9.17, 15) is 9.59 Å². The molecule has 2 rings (SSSR count). The van der Waals surface area contributed by atoms with E-state index in [-0.39, 0.29) is 24.1 Å². The Hall–Kier alpha value is -2.56. The summed E-state index contributed by atoms with van der Waals surface area (Å²) in [6.45, 7) is 2.00. The number of pyridine rings is 1. The Bertz CT molecular complexity index is 694. The van der Waals surface area contributed by atoms with E-state index >= 15 is 0 Å². The van der Waals surface area contributed by atoms with Gasteiger partial charge in [0.05, 0.1) is 13.2 Å². The lowest BCUT2D eigenvalue weighted by Gasteiger charge is -2.20. The Morgan fingerprint density at radius 3 is 2.64 bits per heavy atom. The zero-order valence-electron chi connectivity index (χ0n) is 12.8. The first-order chi connectivity index (χ1) is 10.7. The number of hydrogen-bond acceptors (Lipinski definition) is 3. The van der Waals surface area contributed by atoms with Crippen LogP contribution in [0.15, 0.2) is 53.5 Å². The van der Waals surface area contributed by atoms with Gasteiger partial charge in [-0.3, -0.25) is 9.59 Å². The first-order valence-electron chi connectivity index (χ1n) is 7.23. The molecule has 0 saturated carbocycles. The third-order valence-corrected chi connectivity index (χ3v) is 3.47. The van der Waals surface area contributed by atoms with E-state index in [4.69, 9.17) is 4.74 Å². The molecular formula is C17H20N2O3. The highest BCUT2D eigenvalue weighted by Gasteiger charge is 2.16. The lowest BCUT2D eigenvalue weighted by atomic mass is 10.0. The van der Waals surface area contributed by atoms with E-state index in [2.05, 4.69) is 5.32 Å². The van der Waals surface area contributed by atoms with Crippen molar-refractivity contribution in [2.75, 3.05) is 7.11 Å². The van der Waals surface area contributed by atoms with Crippen molar-refractivity contribution in [1.29, 1.82) is 0 Å². The molecule has 0 fully saturated rings. The molecule has 1 N–H and O–H groups in total. The summed E-state index contributed by atoms with van der Waals surface area (Å²) in [7, 11) is 1.61. The fraction of sp³-hybridized carbons (Fsp3) is 0.294. The van der Waals surface area contributed by atoms with Crippen LogP contribution in [0.1, 0.15) is 24.9 Å². The summed E-state index contributed by atoms with van der Waals surface area (Å²) < 4.78 is 6.72. The van der Waals surface area contributed by atoms with Gasteiger partial charge >= 0.3 is 0 Å². The average Bonchev–Trinajstić information content (AvgIpc) is 2.55. The highest BCUT2D eigenvalue weighted by molar-refractivity contribution is 5.76. The predicted octanol–water partition coefficient (Wildman–Crippen LogP) is 2.12. The van der Waals surface area contributed by atoms with Crippen molar-refractivity contribution in [2.45, 2.75) is 25.9 Å². The van der Waals surface area contributed by atoms with Crippen molar-refractivity contribution in [3.05, 3.63) is 64.6 Å². The van der Waals surface area contributed by atoms with Gasteiger partial charge in [-0.05, 0) is 18.6 Å². The zero-order chi connectivity index (χ0) is 15.9. The average molecular weight is 300 g/mol. The third kappa shape index (κ3) is 3.75. The molecule has 0 aliphatic rings. The number of carbonyl (C=O) groups excluding carboxylic acids is 1. The van der Waals surface area contributed by atoms with E-state index in [0.717, 1.165) is 17.7 Å². The summed E-state index contributed by atoms with van der Waals surface area (Å²) in [5.74, 6) is 0.539. The van der Waals surface area contributed by atoms with Crippen LogP contribution in [-0.4, -0.2) is 17.6 Å². The Morgan fingerprint density at radius 2 is 1.95 bits per heavy atom.